The van der Waals surface area contributed by atoms with Crippen molar-refractivity contribution in [2.24, 2.45) is 0 Å². The molecule has 5 rings (SSSR count). The highest BCUT2D eigenvalue weighted by Gasteiger charge is 2.41. The summed E-state index contributed by atoms with van der Waals surface area (Å²) in [4.78, 5) is 27.0. The van der Waals surface area contributed by atoms with E-state index < -0.39 is 5.92 Å². The Morgan fingerprint density at radius 2 is 1.89 bits per heavy atom. The van der Waals surface area contributed by atoms with Gasteiger partial charge in [0.25, 0.3) is 5.56 Å². The summed E-state index contributed by atoms with van der Waals surface area (Å²) in [5.41, 5.74) is 2.29. The standard InChI is InChI=1S/C20H15Cl2N3O2S/c21-11-4-1-3-10(18(11)22)15-16-12(23-19-17(15)20(27)25-24-19)7-9(8-13(16)26)14-5-2-6-28-14/h1-6,9,15H,7-8H2,(H3,23,24,25,27). The van der Waals surface area contributed by atoms with Gasteiger partial charge in [-0.05, 0) is 29.5 Å². The maximum absolute atomic E-state index is 13.3. The third-order valence-electron chi connectivity index (χ3n) is 5.41. The smallest absolute Gasteiger partial charge is 0.270 e. The van der Waals surface area contributed by atoms with Gasteiger partial charge in [0.15, 0.2) is 5.78 Å². The third-order valence-corrected chi connectivity index (χ3v) is 7.28. The van der Waals surface area contributed by atoms with E-state index in [4.69, 9.17) is 23.2 Å². The number of Topliss-reactive ketones (excluding diaryl/α,β-unsaturated/α-hetero) is 1. The molecule has 8 heteroatoms. The summed E-state index contributed by atoms with van der Waals surface area (Å²) in [6.07, 6.45) is 1.11. The van der Waals surface area contributed by atoms with E-state index in [1.807, 2.05) is 17.5 Å². The summed E-state index contributed by atoms with van der Waals surface area (Å²) in [5.74, 6) is 0.176. The minimum atomic E-state index is -0.552. The van der Waals surface area contributed by atoms with Gasteiger partial charge < -0.3 is 5.32 Å². The lowest BCUT2D eigenvalue weighted by Gasteiger charge is -2.34. The van der Waals surface area contributed by atoms with Crippen LogP contribution in [-0.4, -0.2) is 16.0 Å². The Bertz CT molecular complexity index is 1180. The zero-order valence-corrected chi connectivity index (χ0v) is 16.8. The summed E-state index contributed by atoms with van der Waals surface area (Å²) >= 11 is 14.4. The molecule has 0 saturated carbocycles. The SMILES string of the molecule is O=C1CC(c2cccs2)CC2=C1C(c1cccc(Cl)c1Cl)c1c([nH][nH]c1=O)N2. The molecule has 142 valence electrons. The van der Waals surface area contributed by atoms with Crippen LogP contribution in [0.15, 0.2) is 51.8 Å². The number of fused-ring (bicyclic) bond motifs is 1. The molecule has 2 aliphatic rings. The lowest BCUT2D eigenvalue weighted by molar-refractivity contribution is -0.116. The van der Waals surface area contributed by atoms with Crippen LogP contribution in [0.3, 0.4) is 0 Å². The minimum absolute atomic E-state index is 0.0273. The molecule has 0 amide bonds. The van der Waals surface area contributed by atoms with Crippen LogP contribution >= 0.6 is 34.5 Å². The van der Waals surface area contributed by atoms with E-state index in [9.17, 15) is 9.59 Å². The Morgan fingerprint density at radius 3 is 2.68 bits per heavy atom. The molecule has 2 atom stereocenters. The number of halogens is 2. The average molecular weight is 432 g/mol. The van der Waals surface area contributed by atoms with Crippen molar-refractivity contribution in [1.29, 1.82) is 0 Å². The number of aromatic amines is 2. The fourth-order valence-electron chi connectivity index (χ4n) is 4.20. The summed E-state index contributed by atoms with van der Waals surface area (Å²) in [7, 11) is 0. The van der Waals surface area contributed by atoms with Gasteiger partial charge in [0.05, 0.1) is 15.6 Å². The van der Waals surface area contributed by atoms with E-state index in [-0.39, 0.29) is 17.3 Å². The molecule has 0 spiro atoms. The van der Waals surface area contributed by atoms with E-state index in [0.717, 1.165) is 5.70 Å². The minimum Gasteiger partial charge on any atom is -0.343 e. The predicted molar refractivity (Wildman–Crippen MR) is 112 cm³/mol. The van der Waals surface area contributed by atoms with Crippen LogP contribution in [-0.2, 0) is 4.79 Å². The fourth-order valence-corrected chi connectivity index (χ4v) is 5.45. The number of nitrogens with one attached hydrogen (secondary N) is 3. The number of H-pyrrole nitrogens is 2. The van der Waals surface area contributed by atoms with E-state index >= 15 is 0 Å². The Labute approximate surface area is 174 Å². The number of ketones is 1. The second-order valence-corrected chi connectivity index (χ2v) is 8.77. The van der Waals surface area contributed by atoms with E-state index in [0.29, 0.717) is 45.4 Å². The number of carbonyl (C=O) groups is 1. The normalized spacial score (nSPS) is 21.3. The van der Waals surface area contributed by atoms with Crippen molar-refractivity contribution >= 4 is 46.1 Å². The molecule has 2 aromatic heterocycles. The number of anilines is 1. The summed E-state index contributed by atoms with van der Waals surface area (Å²) < 4.78 is 0. The molecule has 2 unspecified atom stereocenters. The van der Waals surface area contributed by atoms with Gasteiger partial charge in [0, 0.05) is 34.4 Å². The first-order valence-electron chi connectivity index (χ1n) is 8.85. The second kappa shape index (κ2) is 6.65. The lowest BCUT2D eigenvalue weighted by Crippen LogP contribution is -2.31. The number of carbonyl (C=O) groups excluding carboxylic acids is 1. The first-order valence-corrected chi connectivity index (χ1v) is 10.5. The monoisotopic (exact) mass is 431 g/mol. The van der Waals surface area contributed by atoms with Crippen LogP contribution in [0.4, 0.5) is 5.82 Å². The zero-order chi connectivity index (χ0) is 19.4. The molecule has 5 nitrogen and oxygen atoms in total. The molecule has 0 fully saturated rings. The predicted octanol–water partition coefficient (Wildman–Crippen LogP) is 5.03. The van der Waals surface area contributed by atoms with Gasteiger partial charge in [-0.2, -0.15) is 0 Å². The van der Waals surface area contributed by atoms with Gasteiger partial charge >= 0.3 is 0 Å². The Morgan fingerprint density at radius 1 is 1.04 bits per heavy atom. The average Bonchev–Trinajstić information content (AvgIpc) is 3.33. The van der Waals surface area contributed by atoms with Crippen LogP contribution in [0.25, 0.3) is 0 Å². The summed E-state index contributed by atoms with van der Waals surface area (Å²) in [6.45, 7) is 0. The molecule has 3 heterocycles. The number of rotatable bonds is 2. The molecule has 3 N–H and O–H groups in total. The van der Waals surface area contributed by atoms with Crippen LogP contribution in [0.5, 0.6) is 0 Å². The fraction of sp³-hybridized carbons (Fsp3) is 0.200. The van der Waals surface area contributed by atoms with Crippen LogP contribution in [0.2, 0.25) is 10.0 Å². The van der Waals surface area contributed by atoms with Crippen molar-refractivity contribution < 1.29 is 4.79 Å². The molecule has 28 heavy (non-hydrogen) atoms. The van der Waals surface area contributed by atoms with Gasteiger partial charge in [0.2, 0.25) is 0 Å². The zero-order valence-electron chi connectivity index (χ0n) is 14.5. The third kappa shape index (κ3) is 2.67. The van der Waals surface area contributed by atoms with Crippen molar-refractivity contribution in [1.82, 2.24) is 10.2 Å². The molecule has 0 radical (unpaired) electrons. The maximum Gasteiger partial charge on any atom is 0.270 e. The Balaban J connectivity index is 1.70. The molecule has 0 saturated heterocycles. The van der Waals surface area contributed by atoms with Crippen molar-refractivity contribution in [3.05, 3.63) is 83.4 Å². The van der Waals surface area contributed by atoms with E-state index in [2.05, 4.69) is 21.6 Å². The topological polar surface area (TPSA) is 77.8 Å². The number of aromatic nitrogens is 2. The first-order chi connectivity index (χ1) is 13.5. The van der Waals surface area contributed by atoms with E-state index in [1.165, 1.54) is 4.88 Å². The number of allylic oxidation sites excluding steroid dienone is 2. The Kier molecular flexibility index (Phi) is 4.23. The van der Waals surface area contributed by atoms with E-state index in [1.54, 1.807) is 23.5 Å². The highest BCUT2D eigenvalue weighted by atomic mass is 35.5. The lowest BCUT2D eigenvalue weighted by atomic mass is 9.74. The van der Waals surface area contributed by atoms with Gasteiger partial charge in [0.1, 0.15) is 5.82 Å². The van der Waals surface area contributed by atoms with Gasteiger partial charge in [-0.25, -0.2) is 0 Å². The van der Waals surface area contributed by atoms with Gasteiger partial charge in [-0.1, -0.05) is 41.4 Å². The highest BCUT2D eigenvalue weighted by molar-refractivity contribution is 7.10. The van der Waals surface area contributed by atoms with Crippen LogP contribution < -0.4 is 10.9 Å². The summed E-state index contributed by atoms with van der Waals surface area (Å²) in [6, 6.07) is 9.37. The number of hydrogen-bond acceptors (Lipinski definition) is 4. The van der Waals surface area contributed by atoms with Gasteiger partial charge in [-0.15, -0.1) is 11.3 Å². The van der Waals surface area contributed by atoms with Crippen molar-refractivity contribution in [3.63, 3.8) is 0 Å². The first kappa shape index (κ1) is 17.8. The summed E-state index contributed by atoms with van der Waals surface area (Å²) in [5, 5.41) is 11.6. The molecule has 0 bridgehead atoms. The van der Waals surface area contributed by atoms with Crippen molar-refractivity contribution in [2.45, 2.75) is 24.7 Å². The van der Waals surface area contributed by atoms with Crippen LogP contribution in [0.1, 0.15) is 40.7 Å². The Hall–Kier alpha value is -2.28. The molecule has 1 aliphatic heterocycles. The molecular formula is C20H15Cl2N3O2S. The quantitative estimate of drug-likeness (QED) is 0.532. The maximum atomic E-state index is 13.3. The molecule has 3 aromatic rings. The molecule has 1 aliphatic carbocycles. The van der Waals surface area contributed by atoms with Crippen molar-refractivity contribution in [3.8, 4) is 0 Å². The highest BCUT2D eigenvalue weighted by Crippen LogP contribution is 2.48. The second-order valence-electron chi connectivity index (χ2n) is 7.00. The van der Waals surface area contributed by atoms with Gasteiger partial charge in [-0.3, -0.25) is 19.8 Å². The molecule has 1 aromatic carbocycles. The van der Waals surface area contributed by atoms with Crippen molar-refractivity contribution in [2.75, 3.05) is 5.32 Å². The number of benzene rings is 1. The number of hydrogen-bond donors (Lipinski definition) is 3. The largest absolute Gasteiger partial charge is 0.343 e. The molecular weight excluding hydrogens is 417 g/mol. The number of thiophene rings is 1. The van der Waals surface area contributed by atoms with Crippen LogP contribution in [0, 0.1) is 0 Å².